The van der Waals surface area contributed by atoms with Crippen LogP contribution in [0.2, 0.25) is 0 Å². The summed E-state index contributed by atoms with van der Waals surface area (Å²) in [6, 6.07) is 0. The molecule has 2 aliphatic carbocycles. The van der Waals surface area contributed by atoms with Crippen molar-refractivity contribution >= 4 is 21.6 Å². The Bertz CT molecular complexity index is 357. The molecule has 3 nitrogen and oxygen atoms in total. The van der Waals surface area contributed by atoms with Gasteiger partial charge in [-0.2, -0.15) is 0 Å². The zero-order valence-electron chi connectivity index (χ0n) is 11.0. The number of sulfonamides is 1. The summed E-state index contributed by atoms with van der Waals surface area (Å²) >= 11 is 5.99. The first-order chi connectivity index (χ1) is 8.55. The van der Waals surface area contributed by atoms with Gasteiger partial charge in [0.25, 0.3) is 0 Å². The van der Waals surface area contributed by atoms with Gasteiger partial charge < -0.3 is 0 Å². The molecular formula is C13H24ClNO2S. The Labute approximate surface area is 116 Å². The molecule has 0 aliphatic heterocycles. The lowest BCUT2D eigenvalue weighted by Crippen LogP contribution is -2.49. The van der Waals surface area contributed by atoms with E-state index in [2.05, 4.69) is 4.72 Å². The minimum absolute atomic E-state index is 0.297. The molecular weight excluding hydrogens is 270 g/mol. The fraction of sp³-hybridized carbons (Fsp3) is 1.00. The molecule has 0 spiro atoms. The minimum atomic E-state index is -3.17. The monoisotopic (exact) mass is 293 g/mol. The Morgan fingerprint density at radius 2 is 1.67 bits per heavy atom. The van der Waals surface area contributed by atoms with E-state index in [9.17, 15) is 8.42 Å². The third kappa shape index (κ3) is 3.84. The molecule has 106 valence electrons. The molecule has 0 aromatic heterocycles. The van der Waals surface area contributed by atoms with Crippen molar-refractivity contribution in [3.8, 4) is 0 Å². The van der Waals surface area contributed by atoms with E-state index < -0.39 is 10.0 Å². The van der Waals surface area contributed by atoms with Crippen LogP contribution < -0.4 is 4.72 Å². The number of halogens is 1. The highest BCUT2D eigenvalue weighted by Gasteiger charge is 2.37. The number of alkyl halides is 1. The van der Waals surface area contributed by atoms with Crippen LogP contribution in [0, 0.1) is 5.92 Å². The molecule has 2 rings (SSSR count). The third-order valence-electron chi connectivity index (χ3n) is 4.37. The molecule has 0 bridgehead atoms. The lowest BCUT2D eigenvalue weighted by atomic mass is 9.91. The van der Waals surface area contributed by atoms with Gasteiger partial charge in [-0.05, 0) is 31.6 Å². The van der Waals surface area contributed by atoms with Gasteiger partial charge >= 0.3 is 0 Å². The fourth-order valence-electron chi connectivity index (χ4n) is 3.35. The molecule has 0 radical (unpaired) electrons. The first-order valence-corrected chi connectivity index (χ1v) is 9.32. The average Bonchev–Trinajstić information content (AvgIpc) is 2.78. The van der Waals surface area contributed by atoms with Crippen molar-refractivity contribution < 1.29 is 8.42 Å². The molecule has 2 saturated carbocycles. The summed E-state index contributed by atoms with van der Waals surface area (Å²) < 4.78 is 27.4. The van der Waals surface area contributed by atoms with Crippen LogP contribution in [-0.2, 0) is 10.0 Å². The van der Waals surface area contributed by atoms with Gasteiger partial charge in [0.1, 0.15) is 0 Å². The van der Waals surface area contributed by atoms with Crippen molar-refractivity contribution in [1.82, 2.24) is 4.72 Å². The molecule has 0 heterocycles. The summed E-state index contributed by atoms with van der Waals surface area (Å²) in [5.74, 6) is 1.05. The van der Waals surface area contributed by atoms with Crippen LogP contribution >= 0.6 is 11.6 Å². The maximum absolute atomic E-state index is 12.2. The summed E-state index contributed by atoms with van der Waals surface area (Å²) in [6.07, 6.45) is 9.69. The van der Waals surface area contributed by atoms with Crippen LogP contribution in [0.15, 0.2) is 0 Å². The quantitative estimate of drug-likeness (QED) is 0.792. The van der Waals surface area contributed by atoms with Crippen LogP contribution in [0.5, 0.6) is 0 Å². The highest BCUT2D eigenvalue weighted by atomic mass is 35.5. The zero-order chi connectivity index (χ0) is 13.1. The Kier molecular flexibility index (Phi) is 4.95. The number of hydrogen-bond acceptors (Lipinski definition) is 2. The van der Waals surface area contributed by atoms with Gasteiger partial charge in [-0.15, -0.1) is 11.6 Å². The van der Waals surface area contributed by atoms with Gasteiger partial charge in [-0.25, -0.2) is 13.1 Å². The van der Waals surface area contributed by atoms with Gasteiger partial charge in [-0.3, -0.25) is 0 Å². The van der Waals surface area contributed by atoms with E-state index in [1.807, 2.05) is 0 Å². The van der Waals surface area contributed by atoms with Gasteiger partial charge in [0.15, 0.2) is 0 Å². The van der Waals surface area contributed by atoms with E-state index >= 15 is 0 Å². The van der Waals surface area contributed by atoms with Crippen molar-refractivity contribution in [3.05, 3.63) is 0 Å². The third-order valence-corrected chi connectivity index (χ3v) is 6.53. The van der Waals surface area contributed by atoms with E-state index in [-0.39, 0.29) is 5.54 Å². The smallest absolute Gasteiger partial charge is 0.212 e. The van der Waals surface area contributed by atoms with Crippen LogP contribution in [0.3, 0.4) is 0 Å². The molecule has 0 aromatic rings. The van der Waals surface area contributed by atoms with Crippen LogP contribution in [-0.4, -0.2) is 25.6 Å². The second-order valence-corrected chi connectivity index (χ2v) is 8.04. The average molecular weight is 294 g/mol. The predicted molar refractivity (Wildman–Crippen MR) is 75.4 cm³/mol. The SMILES string of the molecule is O=S(=O)(CC1CCCCC1)NC1(CCl)CCCC1. The fourth-order valence-corrected chi connectivity index (χ4v) is 5.74. The van der Waals surface area contributed by atoms with Crippen LogP contribution in [0.1, 0.15) is 57.8 Å². The first kappa shape index (κ1) is 14.6. The molecule has 0 unspecified atom stereocenters. The lowest BCUT2D eigenvalue weighted by Gasteiger charge is -2.29. The van der Waals surface area contributed by atoms with Crippen molar-refractivity contribution in [2.24, 2.45) is 5.92 Å². The molecule has 1 N–H and O–H groups in total. The van der Waals surface area contributed by atoms with Crippen LogP contribution in [0.4, 0.5) is 0 Å². The molecule has 0 aromatic carbocycles. The van der Waals surface area contributed by atoms with Crippen LogP contribution in [0.25, 0.3) is 0 Å². The second-order valence-electron chi connectivity index (χ2n) is 6.01. The van der Waals surface area contributed by atoms with E-state index in [0.29, 0.717) is 17.6 Å². The Hall–Kier alpha value is 0.200. The largest absolute Gasteiger partial charge is 0.212 e. The summed E-state index contributed by atoms with van der Waals surface area (Å²) in [7, 11) is -3.17. The molecule has 18 heavy (non-hydrogen) atoms. The van der Waals surface area contributed by atoms with Crippen molar-refractivity contribution in [2.75, 3.05) is 11.6 Å². The maximum Gasteiger partial charge on any atom is 0.212 e. The summed E-state index contributed by atoms with van der Waals surface area (Å²) in [4.78, 5) is 0. The maximum atomic E-state index is 12.2. The van der Waals surface area contributed by atoms with Gasteiger partial charge in [-0.1, -0.05) is 32.1 Å². The Balaban J connectivity index is 1.93. The normalized spacial score (nSPS) is 25.4. The van der Waals surface area contributed by atoms with Crippen molar-refractivity contribution in [2.45, 2.75) is 63.3 Å². The van der Waals surface area contributed by atoms with Gasteiger partial charge in [0, 0.05) is 11.4 Å². The molecule has 0 atom stereocenters. The highest BCUT2D eigenvalue weighted by Crippen LogP contribution is 2.32. The number of nitrogens with one attached hydrogen (secondary N) is 1. The summed E-state index contributed by atoms with van der Waals surface area (Å²) in [6.45, 7) is 0. The Morgan fingerprint density at radius 1 is 1.06 bits per heavy atom. The molecule has 2 aliphatic rings. The highest BCUT2D eigenvalue weighted by molar-refractivity contribution is 7.89. The van der Waals surface area contributed by atoms with Gasteiger partial charge in [0.05, 0.1) is 5.75 Å². The Morgan fingerprint density at radius 3 is 2.22 bits per heavy atom. The van der Waals surface area contributed by atoms with Gasteiger partial charge in [0.2, 0.25) is 10.0 Å². The predicted octanol–water partition coefficient (Wildman–Crippen LogP) is 3.04. The van der Waals surface area contributed by atoms with Crippen molar-refractivity contribution in [1.29, 1.82) is 0 Å². The van der Waals surface area contributed by atoms with E-state index in [1.54, 1.807) is 0 Å². The second kappa shape index (κ2) is 6.10. The molecule has 0 amide bonds. The summed E-state index contributed by atoms with van der Waals surface area (Å²) in [5, 5.41) is 0. The van der Waals surface area contributed by atoms with E-state index in [0.717, 1.165) is 38.5 Å². The number of hydrogen-bond donors (Lipinski definition) is 1. The standard InChI is InChI=1S/C13H24ClNO2S/c14-11-13(8-4-5-9-13)15-18(16,17)10-12-6-2-1-3-7-12/h12,15H,1-11H2. The van der Waals surface area contributed by atoms with E-state index in [1.165, 1.54) is 19.3 Å². The van der Waals surface area contributed by atoms with Crippen molar-refractivity contribution in [3.63, 3.8) is 0 Å². The topological polar surface area (TPSA) is 46.2 Å². The molecule has 5 heteroatoms. The first-order valence-electron chi connectivity index (χ1n) is 7.13. The number of rotatable bonds is 5. The summed E-state index contributed by atoms with van der Waals surface area (Å²) in [5.41, 5.74) is -0.352. The molecule has 2 fully saturated rings. The van der Waals surface area contributed by atoms with E-state index in [4.69, 9.17) is 11.6 Å². The lowest BCUT2D eigenvalue weighted by molar-refractivity contribution is 0.377. The minimum Gasteiger partial charge on any atom is -0.212 e. The zero-order valence-corrected chi connectivity index (χ0v) is 12.5. The molecule has 0 saturated heterocycles.